The molecule has 2 aliphatic rings. The maximum absolute atomic E-state index is 5.89. The number of hydrogen-bond acceptors (Lipinski definition) is 3. The molecule has 0 aromatic heterocycles. The molecule has 3 heteroatoms. The predicted octanol–water partition coefficient (Wildman–Crippen LogP) is 2.64. The van der Waals surface area contributed by atoms with E-state index in [-0.39, 0.29) is 0 Å². The number of nitrogens with zero attached hydrogens (tertiary/aromatic N) is 2. The highest BCUT2D eigenvalue weighted by Gasteiger charge is 2.25. The molecule has 0 unspecified atom stereocenters. The van der Waals surface area contributed by atoms with Crippen molar-refractivity contribution in [3.8, 4) is 0 Å². The Morgan fingerprint density at radius 1 is 1.10 bits per heavy atom. The third kappa shape index (κ3) is 3.15. The van der Waals surface area contributed by atoms with E-state index in [1.165, 1.54) is 63.0 Å². The average Bonchev–Trinajstić information content (AvgIpc) is 2.98. The largest absolute Gasteiger partial charge is 0.399 e. The second-order valence-electron chi connectivity index (χ2n) is 6.44. The lowest BCUT2D eigenvalue weighted by molar-refractivity contribution is 0.0937. The molecule has 2 N–H and O–H groups in total. The Kier molecular flexibility index (Phi) is 4.27. The van der Waals surface area contributed by atoms with Crippen LogP contribution in [0.5, 0.6) is 0 Å². The van der Waals surface area contributed by atoms with E-state index in [1.54, 1.807) is 0 Å². The summed E-state index contributed by atoms with van der Waals surface area (Å²) in [6.07, 6.45) is 5.74. The lowest BCUT2D eigenvalue weighted by atomic mass is 10.1. The van der Waals surface area contributed by atoms with Crippen LogP contribution in [-0.4, -0.2) is 42.0 Å². The molecule has 3 rings (SSSR count). The standard InChI is InChI=1S/C17H27N3/c1-14-12-15(6-7-17(14)18)13-19-8-10-20(11-9-19)16-4-2-3-5-16/h6-7,12,16H,2-5,8-11,13,18H2,1H3. The van der Waals surface area contributed by atoms with Gasteiger partial charge in [-0.1, -0.05) is 25.0 Å². The minimum Gasteiger partial charge on any atom is -0.399 e. The van der Waals surface area contributed by atoms with Crippen molar-refractivity contribution in [1.29, 1.82) is 0 Å². The third-order valence-corrected chi connectivity index (χ3v) is 4.99. The summed E-state index contributed by atoms with van der Waals surface area (Å²) in [4.78, 5) is 5.30. The molecule has 1 aliphatic carbocycles. The van der Waals surface area contributed by atoms with Crippen LogP contribution in [0.25, 0.3) is 0 Å². The number of benzene rings is 1. The van der Waals surface area contributed by atoms with Crippen molar-refractivity contribution in [3.63, 3.8) is 0 Å². The van der Waals surface area contributed by atoms with E-state index in [0.717, 1.165) is 18.3 Å². The lowest BCUT2D eigenvalue weighted by Gasteiger charge is -2.38. The molecule has 1 aromatic carbocycles. The fourth-order valence-corrected chi connectivity index (χ4v) is 3.65. The number of nitrogens with two attached hydrogens (primary N) is 1. The topological polar surface area (TPSA) is 32.5 Å². The van der Waals surface area contributed by atoms with Crippen LogP contribution in [0, 0.1) is 6.92 Å². The minimum atomic E-state index is 0.885. The van der Waals surface area contributed by atoms with Gasteiger partial charge in [-0.3, -0.25) is 9.80 Å². The van der Waals surface area contributed by atoms with Crippen LogP contribution >= 0.6 is 0 Å². The molecule has 0 spiro atoms. The van der Waals surface area contributed by atoms with Gasteiger partial charge in [-0.05, 0) is 37.0 Å². The highest BCUT2D eigenvalue weighted by atomic mass is 15.3. The van der Waals surface area contributed by atoms with Gasteiger partial charge in [-0.25, -0.2) is 0 Å². The summed E-state index contributed by atoms with van der Waals surface area (Å²) in [6.45, 7) is 8.08. The van der Waals surface area contributed by atoms with Crippen LogP contribution < -0.4 is 5.73 Å². The predicted molar refractivity (Wildman–Crippen MR) is 84.7 cm³/mol. The molecular weight excluding hydrogens is 246 g/mol. The molecule has 2 fully saturated rings. The summed E-state index contributed by atoms with van der Waals surface area (Å²) in [6, 6.07) is 7.33. The van der Waals surface area contributed by atoms with Crippen LogP contribution in [0.4, 0.5) is 5.69 Å². The Bertz CT molecular complexity index is 444. The number of hydrogen-bond donors (Lipinski definition) is 1. The van der Waals surface area contributed by atoms with Crippen LogP contribution in [0.3, 0.4) is 0 Å². The Morgan fingerprint density at radius 2 is 1.80 bits per heavy atom. The van der Waals surface area contributed by atoms with Gasteiger partial charge in [0.25, 0.3) is 0 Å². The van der Waals surface area contributed by atoms with E-state index in [0.29, 0.717) is 0 Å². The fraction of sp³-hybridized carbons (Fsp3) is 0.647. The van der Waals surface area contributed by atoms with Gasteiger partial charge in [-0.2, -0.15) is 0 Å². The molecule has 1 aromatic rings. The molecular formula is C17H27N3. The molecule has 0 amide bonds. The molecule has 1 heterocycles. The summed E-state index contributed by atoms with van der Waals surface area (Å²) in [5.74, 6) is 0. The molecule has 0 atom stereocenters. The van der Waals surface area contributed by atoms with Crippen LogP contribution in [0.15, 0.2) is 18.2 Å². The second kappa shape index (κ2) is 6.15. The van der Waals surface area contributed by atoms with Gasteiger partial charge in [0.05, 0.1) is 0 Å². The van der Waals surface area contributed by atoms with Crippen LogP contribution in [0.1, 0.15) is 36.8 Å². The van der Waals surface area contributed by atoms with Crippen molar-refractivity contribution >= 4 is 5.69 Å². The molecule has 0 bridgehead atoms. The molecule has 1 saturated heterocycles. The molecule has 0 radical (unpaired) electrons. The number of rotatable bonds is 3. The van der Waals surface area contributed by atoms with Gasteiger partial charge in [0, 0.05) is 44.5 Å². The fourth-order valence-electron chi connectivity index (χ4n) is 3.65. The van der Waals surface area contributed by atoms with Crippen molar-refractivity contribution in [1.82, 2.24) is 9.80 Å². The average molecular weight is 273 g/mol. The summed E-state index contributed by atoms with van der Waals surface area (Å²) >= 11 is 0. The van der Waals surface area contributed by atoms with Gasteiger partial charge in [0.1, 0.15) is 0 Å². The van der Waals surface area contributed by atoms with Crippen LogP contribution in [0.2, 0.25) is 0 Å². The molecule has 20 heavy (non-hydrogen) atoms. The quantitative estimate of drug-likeness (QED) is 0.859. The maximum atomic E-state index is 5.89. The highest BCUT2D eigenvalue weighted by Crippen LogP contribution is 2.24. The first-order chi connectivity index (χ1) is 9.72. The zero-order valence-electron chi connectivity index (χ0n) is 12.6. The summed E-state index contributed by atoms with van der Waals surface area (Å²) in [5, 5.41) is 0. The normalized spacial score (nSPS) is 22.4. The van der Waals surface area contributed by atoms with Crippen molar-refractivity contribution in [2.24, 2.45) is 0 Å². The van der Waals surface area contributed by atoms with Crippen molar-refractivity contribution in [2.45, 2.75) is 45.2 Å². The Labute approximate surface area is 122 Å². The van der Waals surface area contributed by atoms with Crippen molar-refractivity contribution < 1.29 is 0 Å². The summed E-state index contributed by atoms with van der Waals surface area (Å²) < 4.78 is 0. The zero-order valence-corrected chi connectivity index (χ0v) is 12.6. The van der Waals surface area contributed by atoms with E-state index in [9.17, 15) is 0 Å². The number of aryl methyl sites for hydroxylation is 1. The van der Waals surface area contributed by atoms with Crippen molar-refractivity contribution in [2.75, 3.05) is 31.9 Å². The molecule has 3 nitrogen and oxygen atoms in total. The zero-order chi connectivity index (χ0) is 13.9. The van der Waals surface area contributed by atoms with Gasteiger partial charge in [0.15, 0.2) is 0 Å². The Balaban J connectivity index is 1.51. The van der Waals surface area contributed by atoms with E-state index in [4.69, 9.17) is 5.73 Å². The second-order valence-corrected chi connectivity index (χ2v) is 6.44. The maximum Gasteiger partial charge on any atom is 0.0343 e. The van der Waals surface area contributed by atoms with Crippen LogP contribution in [-0.2, 0) is 6.54 Å². The Hall–Kier alpha value is -1.06. The molecule has 1 saturated carbocycles. The SMILES string of the molecule is Cc1cc(CN2CCN(C3CCCC3)CC2)ccc1N. The number of piperazine rings is 1. The first kappa shape index (κ1) is 13.9. The summed E-state index contributed by atoms with van der Waals surface area (Å²) in [7, 11) is 0. The Morgan fingerprint density at radius 3 is 2.45 bits per heavy atom. The smallest absolute Gasteiger partial charge is 0.0343 e. The monoisotopic (exact) mass is 273 g/mol. The summed E-state index contributed by atoms with van der Waals surface area (Å²) in [5.41, 5.74) is 9.39. The first-order valence-electron chi connectivity index (χ1n) is 8.04. The number of anilines is 1. The van der Waals surface area contributed by atoms with E-state index < -0.39 is 0 Å². The van der Waals surface area contributed by atoms with Gasteiger partial charge in [0.2, 0.25) is 0 Å². The highest BCUT2D eigenvalue weighted by molar-refractivity contribution is 5.47. The molecule has 1 aliphatic heterocycles. The van der Waals surface area contributed by atoms with Gasteiger partial charge < -0.3 is 5.73 Å². The van der Waals surface area contributed by atoms with Gasteiger partial charge in [-0.15, -0.1) is 0 Å². The van der Waals surface area contributed by atoms with E-state index in [1.807, 2.05) is 6.07 Å². The van der Waals surface area contributed by atoms with E-state index in [2.05, 4.69) is 28.9 Å². The molecule has 110 valence electrons. The lowest BCUT2D eigenvalue weighted by Crippen LogP contribution is -2.49. The van der Waals surface area contributed by atoms with E-state index >= 15 is 0 Å². The first-order valence-corrected chi connectivity index (χ1v) is 8.04. The number of nitrogen functional groups attached to an aromatic ring is 1. The minimum absolute atomic E-state index is 0.885. The van der Waals surface area contributed by atoms with Crippen molar-refractivity contribution in [3.05, 3.63) is 29.3 Å². The van der Waals surface area contributed by atoms with Gasteiger partial charge >= 0.3 is 0 Å². The third-order valence-electron chi connectivity index (χ3n) is 4.99.